The normalized spacial score (nSPS) is 19.9. The molecule has 33 heavy (non-hydrogen) atoms. The van der Waals surface area contributed by atoms with Gasteiger partial charge in [0.25, 0.3) is 5.91 Å². The van der Waals surface area contributed by atoms with Crippen LogP contribution in [-0.4, -0.2) is 74.4 Å². The Balaban J connectivity index is 1.91. The quantitative estimate of drug-likeness (QED) is 0.608. The highest BCUT2D eigenvalue weighted by molar-refractivity contribution is 7.92. The molecule has 3 rings (SSSR count). The molecule has 1 heterocycles. The summed E-state index contributed by atoms with van der Waals surface area (Å²) in [6, 6.07) is 14.5. The van der Waals surface area contributed by atoms with Gasteiger partial charge in [-0.1, -0.05) is 37.3 Å². The highest BCUT2D eigenvalue weighted by atomic mass is 32.2. The fraction of sp³-hybridized carbons (Fsp3) is 0.458. The van der Waals surface area contributed by atoms with Crippen LogP contribution in [0.25, 0.3) is 0 Å². The molecule has 0 bridgehead atoms. The van der Waals surface area contributed by atoms with Gasteiger partial charge in [0.1, 0.15) is 11.9 Å². The van der Waals surface area contributed by atoms with Gasteiger partial charge in [0.05, 0.1) is 24.5 Å². The van der Waals surface area contributed by atoms with E-state index < -0.39 is 10.0 Å². The first-order chi connectivity index (χ1) is 15.6. The lowest BCUT2D eigenvalue weighted by Gasteiger charge is -2.38. The molecule has 9 heteroatoms. The zero-order chi connectivity index (χ0) is 24.2. The number of aliphatic hydroxyl groups excluding tert-OH is 1. The van der Waals surface area contributed by atoms with Crippen LogP contribution in [0.5, 0.6) is 5.75 Å². The summed E-state index contributed by atoms with van der Waals surface area (Å²) in [5.74, 6) is 0.105. The second-order valence-corrected chi connectivity index (χ2v) is 10.6. The standard InChI is InChI=1S/C24H33N3O5S/c1-17-13-27(18(2)16-28)24(29)21-12-20(25-33(4,30)31)10-11-22(21)32-23(17)15-26(3)14-19-8-6-5-7-9-19/h5-12,17-18,23,25,28H,13-16H2,1-4H3/t17-,18-,23-/m0/s1. The van der Waals surface area contributed by atoms with Crippen LogP contribution < -0.4 is 9.46 Å². The third-order valence-corrected chi connectivity index (χ3v) is 6.36. The van der Waals surface area contributed by atoms with E-state index in [9.17, 15) is 18.3 Å². The number of fused-ring (bicyclic) bond motifs is 1. The summed E-state index contributed by atoms with van der Waals surface area (Å²) in [5.41, 5.74) is 1.75. The fourth-order valence-corrected chi connectivity index (χ4v) is 4.54. The minimum absolute atomic E-state index is 0.00291. The van der Waals surface area contributed by atoms with E-state index in [1.54, 1.807) is 24.0 Å². The molecule has 1 amide bonds. The second kappa shape index (κ2) is 10.5. The van der Waals surface area contributed by atoms with Gasteiger partial charge in [0, 0.05) is 31.2 Å². The molecule has 8 nitrogen and oxygen atoms in total. The number of rotatable bonds is 8. The Hall–Kier alpha value is -2.62. The van der Waals surface area contributed by atoms with Crippen LogP contribution in [0.1, 0.15) is 29.8 Å². The number of anilines is 1. The summed E-state index contributed by atoms with van der Waals surface area (Å²) >= 11 is 0. The molecule has 1 aliphatic rings. The summed E-state index contributed by atoms with van der Waals surface area (Å²) in [4.78, 5) is 17.2. The molecule has 180 valence electrons. The van der Waals surface area contributed by atoms with Gasteiger partial charge in [-0.3, -0.25) is 14.4 Å². The fourth-order valence-electron chi connectivity index (χ4n) is 3.98. The molecular formula is C24H33N3O5S. The largest absolute Gasteiger partial charge is 0.488 e. The summed E-state index contributed by atoms with van der Waals surface area (Å²) in [7, 11) is -1.47. The molecule has 0 radical (unpaired) electrons. The van der Waals surface area contributed by atoms with E-state index in [0.717, 1.165) is 12.8 Å². The topological polar surface area (TPSA) is 99.2 Å². The molecule has 0 unspecified atom stereocenters. The van der Waals surface area contributed by atoms with Gasteiger partial charge < -0.3 is 14.7 Å². The predicted molar refractivity (Wildman–Crippen MR) is 129 cm³/mol. The van der Waals surface area contributed by atoms with Gasteiger partial charge in [0.2, 0.25) is 10.0 Å². The van der Waals surface area contributed by atoms with Crippen molar-refractivity contribution in [3.63, 3.8) is 0 Å². The van der Waals surface area contributed by atoms with E-state index in [2.05, 4.69) is 21.8 Å². The van der Waals surface area contributed by atoms with Crippen LogP contribution in [0.15, 0.2) is 48.5 Å². The number of aliphatic hydroxyl groups is 1. The van der Waals surface area contributed by atoms with E-state index in [1.807, 2.05) is 32.2 Å². The van der Waals surface area contributed by atoms with Crippen LogP contribution in [0.3, 0.4) is 0 Å². The van der Waals surface area contributed by atoms with Crippen molar-refractivity contribution in [3.05, 3.63) is 59.7 Å². The number of benzene rings is 2. The van der Waals surface area contributed by atoms with Crippen molar-refractivity contribution >= 4 is 21.6 Å². The maximum absolute atomic E-state index is 13.4. The van der Waals surface area contributed by atoms with Crippen molar-refractivity contribution in [2.75, 3.05) is 37.7 Å². The minimum atomic E-state index is -3.50. The van der Waals surface area contributed by atoms with Gasteiger partial charge >= 0.3 is 0 Å². The third-order valence-electron chi connectivity index (χ3n) is 5.75. The summed E-state index contributed by atoms with van der Waals surface area (Å²) in [6.07, 6.45) is 0.843. The molecule has 0 fully saturated rings. The van der Waals surface area contributed by atoms with E-state index >= 15 is 0 Å². The van der Waals surface area contributed by atoms with Gasteiger partial charge in [-0.15, -0.1) is 0 Å². The zero-order valence-corrected chi connectivity index (χ0v) is 20.4. The number of sulfonamides is 1. The first-order valence-electron chi connectivity index (χ1n) is 11.0. The molecule has 0 aliphatic carbocycles. The lowest BCUT2D eigenvalue weighted by Crippen LogP contribution is -2.49. The molecular weight excluding hydrogens is 442 g/mol. The van der Waals surface area contributed by atoms with Crippen molar-refractivity contribution in [1.29, 1.82) is 0 Å². The van der Waals surface area contributed by atoms with Crippen molar-refractivity contribution in [2.45, 2.75) is 32.5 Å². The number of ether oxygens (including phenoxy) is 1. The average molecular weight is 476 g/mol. The lowest BCUT2D eigenvalue weighted by molar-refractivity contribution is 0.0341. The summed E-state index contributed by atoms with van der Waals surface area (Å²) in [5, 5.41) is 9.76. The van der Waals surface area contributed by atoms with Gasteiger partial charge in [-0.25, -0.2) is 8.42 Å². The number of hydrogen-bond donors (Lipinski definition) is 2. The van der Waals surface area contributed by atoms with E-state index in [-0.39, 0.29) is 41.8 Å². The molecule has 0 saturated heterocycles. The van der Waals surface area contributed by atoms with E-state index in [1.165, 1.54) is 11.6 Å². The SMILES string of the molecule is C[C@H]1CN([C@@H](C)CO)C(=O)c2cc(NS(C)(=O)=O)ccc2O[C@H]1CN(C)Cc1ccccc1. The Kier molecular flexibility index (Phi) is 7.99. The van der Waals surface area contributed by atoms with Gasteiger partial charge in [-0.05, 0) is 37.7 Å². The summed E-state index contributed by atoms with van der Waals surface area (Å²) in [6.45, 7) is 5.46. The van der Waals surface area contributed by atoms with Crippen molar-refractivity contribution in [1.82, 2.24) is 9.80 Å². The zero-order valence-electron chi connectivity index (χ0n) is 19.6. The van der Waals surface area contributed by atoms with Crippen molar-refractivity contribution in [3.8, 4) is 5.75 Å². The molecule has 2 aromatic rings. The Bertz CT molecular complexity index is 1060. The second-order valence-electron chi connectivity index (χ2n) is 8.89. The van der Waals surface area contributed by atoms with Crippen LogP contribution in [0.4, 0.5) is 5.69 Å². The molecule has 0 spiro atoms. The molecule has 2 aromatic carbocycles. The highest BCUT2D eigenvalue weighted by Gasteiger charge is 2.33. The van der Waals surface area contributed by atoms with Crippen molar-refractivity contribution in [2.24, 2.45) is 5.92 Å². The Morgan fingerprint density at radius 3 is 2.58 bits per heavy atom. The smallest absolute Gasteiger partial charge is 0.258 e. The molecule has 3 atom stereocenters. The predicted octanol–water partition coefficient (Wildman–Crippen LogP) is 2.41. The maximum atomic E-state index is 13.4. The number of carbonyl (C=O) groups is 1. The van der Waals surface area contributed by atoms with Crippen LogP contribution in [0.2, 0.25) is 0 Å². The van der Waals surface area contributed by atoms with Gasteiger partial charge in [-0.2, -0.15) is 0 Å². The molecule has 1 aliphatic heterocycles. The maximum Gasteiger partial charge on any atom is 0.258 e. The number of likely N-dealkylation sites (N-methyl/N-ethyl adjacent to an activating group) is 1. The first-order valence-corrected chi connectivity index (χ1v) is 12.9. The average Bonchev–Trinajstić information content (AvgIpc) is 2.75. The molecule has 0 saturated carbocycles. The number of hydrogen-bond acceptors (Lipinski definition) is 6. The molecule has 0 aromatic heterocycles. The van der Waals surface area contributed by atoms with E-state index in [4.69, 9.17) is 4.74 Å². The number of nitrogens with one attached hydrogen (secondary N) is 1. The highest BCUT2D eigenvalue weighted by Crippen LogP contribution is 2.31. The molecule has 2 N–H and O–H groups in total. The Labute approximate surface area is 196 Å². The summed E-state index contributed by atoms with van der Waals surface area (Å²) < 4.78 is 32.1. The van der Waals surface area contributed by atoms with Crippen LogP contribution in [0, 0.1) is 5.92 Å². The number of nitrogens with zero attached hydrogens (tertiary/aromatic N) is 2. The first kappa shape index (κ1) is 25.0. The Morgan fingerprint density at radius 1 is 1.24 bits per heavy atom. The number of amides is 1. The van der Waals surface area contributed by atoms with Crippen LogP contribution in [-0.2, 0) is 16.6 Å². The van der Waals surface area contributed by atoms with Gasteiger partial charge in [0.15, 0.2) is 0 Å². The third kappa shape index (κ3) is 6.69. The lowest BCUT2D eigenvalue weighted by atomic mass is 9.99. The number of carbonyl (C=O) groups excluding carboxylic acids is 1. The Morgan fingerprint density at radius 2 is 1.94 bits per heavy atom. The monoisotopic (exact) mass is 475 g/mol. The van der Waals surface area contributed by atoms with Crippen molar-refractivity contribution < 1.29 is 23.1 Å². The van der Waals surface area contributed by atoms with Crippen LogP contribution >= 0.6 is 0 Å². The van der Waals surface area contributed by atoms with E-state index in [0.29, 0.717) is 18.8 Å². The minimum Gasteiger partial charge on any atom is -0.488 e.